The lowest BCUT2D eigenvalue weighted by atomic mass is 10.1. The van der Waals surface area contributed by atoms with Crippen LogP contribution in [0.3, 0.4) is 0 Å². The van der Waals surface area contributed by atoms with Gasteiger partial charge in [-0.1, -0.05) is 30.3 Å². The summed E-state index contributed by atoms with van der Waals surface area (Å²) in [6.45, 7) is 1.27. The van der Waals surface area contributed by atoms with Crippen LogP contribution in [0.4, 0.5) is 0 Å². The van der Waals surface area contributed by atoms with Crippen molar-refractivity contribution < 1.29 is 38.1 Å². The van der Waals surface area contributed by atoms with Crippen LogP contribution in [0.25, 0.3) is 0 Å². The molecule has 0 saturated heterocycles. The minimum absolute atomic E-state index is 0.0142. The molecule has 8 nitrogen and oxygen atoms in total. The molecule has 0 radical (unpaired) electrons. The molecule has 1 rings (SSSR count). The molecule has 0 unspecified atom stereocenters. The fraction of sp³-hybridized carbons (Fsp3) is 0.471. The van der Waals surface area contributed by atoms with E-state index in [9.17, 15) is 14.4 Å². The van der Waals surface area contributed by atoms with Gasteiger partial charge in [0.2, 0.25) is 0 Å². The van der Waals surface area contributed by atoms with Crippen molar-refractivity contribution in [3.8, 4) is 0 Å². The van der Waals surface area contributed by atoms with E-state index in [2.05, 4.69) is 4.74 Å². The molecule has 1 aromatic rings. The lowest BCUT2D eigenvalue weighted by molar-refractivity contribution is -0.146. The maximum Gasteiger partial charge on any atom is 0.379 e. The van der Waals surface area contributed by atoms with Crippen LogP contribution >= 0.6 is 0 Å². The summed E-state index contributed by atoms with van der Waals surface area (Å²) in [4.78, 5) is 34.0. The van der Waals surface area contributed by atoms with Gasteiger partial charge in [-0.2, -0.15) is 0 Å². The first-order valence-electron chi connectivity index (χ1n) is 7.71. The van der Waals surface area contributed by atoms with E-state index in [1.165, 1.54) is 7.11 Å². The summed E-state index contributed by atoms with van der Waals surface area (Å²) in [5, 5.41) is 0. The van der Waals surface area contributed by atoms with Gasteiger partial charge in [0.05, 0.1) is 40.1 Å². The van der Waals surface area contributed by atoms with E-state index in [4.69, 9.17) is 18.9 Å². The number of ketones is 1. The molecule has 138 valence electrons. The van der Waals surface area contributed by atoms with E-state index in [1.807, 2.05) is 0 Å². The molecule has 0 aliphatic heterocycles. The number of methoxy groups -OCH3 is 1. The summed E-state index contributed by atoms with van der Waals surface area (Å²) >= 11 is 0. The zero-order valence-electron chi connectivity index (χ0n) is 14.1. The Morgan fingerprint density at radius 1 is 0.800 bits per heavy atom. The van der Waals surface area contributed by atoms with Crippen LogP contribution in [0, 0.1) is 0 Å². The summed E-state index contributed by atoms with van der Waals surface area (Å²) in [5.74, 6) is -2.03. The van der Waals surface area contributed by atoms with Gasteiger partial charge in [0.1, 0.15) is 13.2 Å². The highest BCUT2D eigenvalue weighted by molar-refractivity contribution is 6.40. The van der Waals surface area contributed by atoms with Gasteiger partial charge in [-0.3, -0.25) is 4.79 Å². The molecule has 0 aliphatic carbocycles. The Bertz CT molecular complexity index is 529. The van der Waals surface area contributed by atoms with Crippen LogP contribution in [0.5, 0.6) is 0 Å². The predicted octanol–water partition coefficient (Wildman–Crippen LogP) is 0.635. The van der Waals surface area contributed by atoms with Gasteiger partial charge in [-0.25, -0.2) is 9.59 Å². The molecule has 0 spiro atoms. The Hall–Kier alpha value is -2.29. The third-order valence-corrected chi connectivity index (χ3v) is 2.87. The maximum atomic E-state index is 11.7. The number of hydrogen-bond acceptors (Lipinski definition) is 8. The fourth-order valence-corrected chi connectivity index (χ4v) is 1.62. The quantitative estimate of drug-likeness (QED) is 0.220. The number of rotatable bonds is 13. The number of ether oxygens (including phenoxy) is 5. The highest BCUT2D eigenvalue weighted by atomic mass is 16.6. The van der Waals surface area contributed by atoms with E-state index in [1.54, 1.807) is 30.3 Å². The van der Waals surface area contributed by atoms with Crippen molar-refractivity contribution in [2.45, 2.75) is 0 Å². The van der Waals surface area contributed by atoms with E-state index in [-0.39, 0.29) is 32.0 Å². The molecule has 0 aromatic heterocycles. The highest BCUT2D eigenvalue weighted by Gasteiger charge is 2.16. The summed E-state index contributed by atoms with van der Waals surface area (Å²) in [6.07, 6.45) is 0. The number of benzene rings is 1. The molecule has 0 fully saturated rings. The number of Topliss-reactive ketones (excluding diaryl/α,β-unsaturated/α-hetero) is 1. The third-order valence-electron chi connectivity index (χ3n) is 2.87. The lowest BCUT2D eigenvalue weighted by Crippen LogP contribution is -2.20. The second kappa shape index (κ2) is 13.1. The standard InChI is InChI=1S/C17H22O8/c1-21-15(18)13-24-10-9-22-7-8-23-11-12-25-17(20)16(19)14-5-3-2-4-6-14/h2-6H,7-13H2,1H3. The van der Waals surface area contributed by atoms with Crippen LogP contribution in [0.1, 0.15) is 10.4 Å². The number of hydrogen-bond donors (Lipinski definition) is 0. The van der Waals surface area contributed by atoms with Gasteiger partial charge in [0, 0.05) is 5.56 Å². The monoisotopic (exact) mass is 354 g/mol. The van der Waals surface area contributed by atoms with E-state index >= 15 is 0 Å². The summed E-state index contributed by atoms with van der Waals surface area (Å²) in [5.41, 5.74) is 0.288. The topological polar surface area (TPSA) is 97.4 Å². The SMILES string of the molecule is COC(=O)COCCOCCOCCOC(=O)C(=O)c1ccccc1. The van der Waals surface area contributed by atoms with Gasteiger partial charge >= 0.3 is 11.9 Å². The van der Waals surface area contributed by atoms with Gasteiger partial charge in [-0.05, 0) is 0 Å². The predicted molar refractivity (Wildman–Crippen MR) is 86.2 cm³/mol. The Balaban J connectivity index is 1.94. The molecule has 0 saturated carbocycles. The summed E-state index contributed by atoms with van der Waals surface area (Å²) in [6, 6.07) is 8.19. The largest absolute Gasteiger partial charge is 0.467 e. The zero-order chi connectivity index (χ0) is 18.3. The van der Waals surface area contributed by atoms with Gasteiger partial charge in [0.25, 0.3) is 5.78 Å². The van der Waals surface area contributed by atoms with Crippen molar-refractivity contribution in [3.05, 3.63) is 35.9 Å². The van der Waals surface area contributed by atoms with Crippen LogP contribution < -0.4 is 0 Å². The summed E-state index contributed by atoms with van der Waals surface area (Å²) in [7, 11) is 1.29. The average molecular weight is 354 g/mol. The van der Waals surface area contributed by atoms with Gasteiger partial charge in [0.15, 0.2) is 0 Å². The van der Waals surface area contributed by atoms with Crippen molar-refractivity contribution in [2.75, 3.05) is 53.4 Å². The molecule has 0 amide bonds. The van der Waals surface area contributed by atoms with Crippen molar-refractivity contribution in [1.29, 1.82) is 0 Å². The molecule has 0 aliphatic rings. The van der Waals surface area contributed by atoms with Crippen molar-refractivity contribution in [2.24, 2.45) is 0 Å². The number of esters is 2. The summed E-state index contributed by atoms with van der Waals surface area (Å²) < 4.78 is 24.6. The zero-order valence-corrected chi connectivity index (χ0v) is 14.1. The van der Waals surface area contributed by atoms with Gasteiger partial charge < -0.3 is 23.7 Å². The molecule has 0 atom stereocenters. The van der Waals surface area contributed by atoms with E-state index in [0.717, 1.165) is 0 Å². The normalized spacial score (nSPS) is 10.3. The molecule has 8 heteroatoms. The highest BCUT2D eigenvalue weighted by Crippen LogP contribution is 2.01. The third kappa shape index (κ3) is 9.55. The lowest BCUT2D eigenvalue weighted by Gasteiger charge is -2.07. The maximum absolute atomic E-state index is 11.7. The first kappa shape index (κ1) is 20.8. The molecule has 0 heterocycles. The smallest absolute Gasteiger partial charge is 0.379 e. The van der Waals surface area contributed by atoms with Crippen molar-refractivity contribution >= 4 is 17.7 Å². The molecule has 1 aromatic carbocycles. The molecule has 0 bridgehead atoms. The number of carbonyl (C=O) groups is 3. The number of carbonyl (C=O) groups excluding carboxylic acids is 3. The average Bonchev–Trinajstić information content (AvgIpc) is 2.65. The molecular formula is C17H22O8. The minimum atomic E-state index is -0.909. The van der Waals surface area contributed by atoms with Crippen LogP contribution in [-0.4, -0.2) is 71.1 Å². The minimum Gasteiger partial charge on any atom is -0.467 e. The van der Waals surface area contributed by atoms with Crippen LogP contribution in [0.2, 0.25) is 0 Å². The van der Waals surface area contributed by atoms with Crippen molar-refractivity contribution in [1.82, 2.24) is 0 Å². The fourth-order valence-electron chi connectivity index (χ4n) is 1.62. The van der Waals surface area contributed by atoms with Crippen LogP contribution in [-0.2, 0) is 33.3 Å². The first-order chi connectivity index (χ1) is 12.1. The Morgan fingerprint density at radius 3 is 1.96 bits per heavy atom. The first-order valence-corrected chi connectivity index (χ1v) is 7.71. The van der Waals surface area contributed by atoms with E-state index in [0.29, 0.717) is 19.8 Å². The Kier molecular flexibility index (Phi) is 10.8. The molecule has 25 heavy (non-hydrogen) atoms. The van der Waals surface area contributed by atoms with Crippen LogP contribution in [0.15, 0.2) is 30.3 Å². The molecule has 0 N–H and O–H groups in total. The Morgan fingerprint density at radius 2 is 1.36 bits per heavy atom. The van der Waals surface area contributed by atoms with E-state index < -0.39 is 17.7 Å². The van der Waals surface area contributed by atoms with Gasteiger partial charge in [-0.15, -0.1) is 0 Å². The van der Waals surface area contributed by atoms with Crippen molar-refractivity contribution in [3.63, 3.8) is 0 Å². The second-order valence-corrected chi connectivity index (χ2v) is 4.68. The molecular weight excluding hydrogens is 332 g/mol. The second-order valence-electron chi connectivity index (χ2n) is 4.68. The Labute approximate surface area is 145 Å².